The highest BCUT2D eigenvalue weighted by Crippen LogP contribution is 2.00. The molecule has 0 saturated heterocycles. The summed E-state index contributed by atoms with van der Waals surface area (Å²) in [5, 5.41) is 2.76. The summed E-state index contributed by atoms with van der Waals surface area (Å²) in [4.78, 5) is 15.5. The summed E-state index contributed by atoms with van der Waals surface area (Å²) >= 11 is 0. The number of amides is 1. The Labute approximate surface area is 106 Å². The zero-order valence-electron chi connectivity index (χ0n) is 10.5. The molecule has 0 aliphatic rings. The second-order valence-corrected chi connectivity index (χ2v) is 3.69. The number of nitrogen functional groups attached to an aromatic ring is 1. The lowest BCUT2D eigenvalue weighted by Crippen LogP contribution is -2.26. The monoisotopic (exact) mass is 253 g/mol. The number of hydrogen-bond donors (Lipinski definition) is 2. The van der Waals surface area contributed by atoms with Crippen LogP contribution in [0.3, 0.4) is 0 Å². The Morgan fingerprint density at radius 2 is 2.22 bits per heavy atom. The maximum absolute atomic E-state index is 11.6. The molecule has 6 nitrogen and oxygen atoms in total. The third-order valence-electron chi connectivity index (χ3n) is 2.20. The van der Waals surface area contributed by atoms with Gasteiger partial charge in [-0.3, -0.25) is 4.79 Å². The van der Waals surface area contributed by atoms with E-state index in [1.165, 1.54) is 6.20 Å². The van der Waals surface area contributed by atoms with Gasteiger partial charge in [0, 0.05) is 20.3 Å². The maximum atomic E-state index is 11.6. The van der Waals surface area contributed by atoms with E-state index < -0.39 is 0 Å². The molecule has 0 saturated carbocycles. The molecule has 6 heteroatoms. The molecule has 1 heterocycles. The zero-order valence-corrected chi connectivity index (χ0v) is 10.5. The largest absolute Gasteiger partial charge is 0.397 e. The second kappa shape index (κ2) is 8.43. The number of ether oxygens (including phenoxy) is 2. The van der Waals surface area contributed by atoms with Crippen LogP contribution in [0, 0.1) is 0 Å². The van der Waals surface area contributed by atoms with E-state index in [1.54, 1.807) is 19.2 Å². The Morgan fingerprint density at radius 1 is 1.39 bits per heavy atom. The highest BCUT2D eigenvalue weighted by molar-refractivity contribution is 5.92. The van der Waals surface area contributed by atoms with Crippen molar-refractivity contribution in [3.63, 3.8) is 0 Å². The van der Waals surface area contributed by atoms with Gasteiger partial charge in [-0.05, 0) is 18.6 Å². The number of aromatic nitrogens is 1. The van der Waals surface area contributed by atoms with E-state index in [-0.39, 0.29) is 5.91 Å². The molecule has 1 aromatic heterocycles. The van der Waals surface area contributed by atoms with Crippen LogP contribution < -0.4 is 11.1 Å². The minimum atomic E-state index is -0.202. The number of carbonyl (C=O) groups is 1. The van der Waals surface area contributed by atoms with Crippen LogP contribution in [0.4, 0.5) is 5.69 Å². The average molecular weight is 253 g/mol. The van der Waals surface area contributed by atoms with E-state index in [1.807, 2.05) is 0 Å². The first-order chi connectivity index (χ1) is 8.74. The van der Waals surface area contributed by atoms with Crippen molar-refractivity contribution in [2.75, 3.05) is 39.2 Å². The van der Waals surface area contributed by atoms with Crippen molar-refractivity contribution in [2.24, 2.45) is 0 Å². The van der Waals surface area contributed by atoms with Crippen molar-refractivity contribution in [3.8, 4) is 0 Å². The number of carbonyl (C=O) groups excluding carboxylic acids is 1. The average Bonchev–Trinajstić information content (AvgIpc) is 2.38. The Bertz CT molecular complexity index is 354. The van der Waals surface area contributed by atoms with Crippen LogP contribution in [0.15, 0.2) is 18.3 Å². The predicted molar refractivity (Wildman–Crippen MR) is 68.3 cm³/mol. The molecule has 0 fully saturated rings. The second-order valence-electron chi connectivity index (χ2n) is 3.69. The third kappa shape index (κ3) is 5.60. The summed E-state index contributed by atoms with van der Waals surface area (Å²) in [5.41, 5.74) is 6.39. The standard InChI is InChI=1S/C12H19N3O3/c1-17-7-8-18-6-2-5-14-12(16)11-4-3-10(13)9-15-11/h3-4,9H,2,5-8,13H2,1H3,(H,14,16). The summed E-state index contributed by atoms with van der Waals surface area (Å²) in [7, 11) is 1.63. The van der Waals surface area contributed by atoms with Gasteiger partial charge in [0.15, 0.2) is 0 Å². The van der Waals surface area contributed by atoms with Crippen LogP contribution in [-0.2, 0) is 9.47 Å². The number of nitrogens with one attached hydrogen (secondary N) is 1. The number of nitrogens with zero attached hydrogens (tertiary/aromatic N) is 1. The van der Waals surface area contributed by atoms with Crippen LogP contribution in [0.5, 0.6) is 0 Å². The van der Waals surface area contributed by atoms with Crippen molar-refractivity contribution >= 4 is 11.6 Å². The lowest BCUT2D eigenvalue weighted by atomic mass is 10.3. The summed E-state index contributed by atoms with van der Waals surface area (Å²) in [5.74, 6) is -0.202. The summed E-state index contributed by atoms with van der Waals surface area (Å²) in [6.07, 6.45) is 2.22. The fraction of sp³-hybridized carbons (Fsp3) is 0.500. The Morgan fingerprint density at radius 3 is 2.89 bits per heavy atom. The first-order valence-electron chi connectivity index (χ1n) is 5.80. The van der Waals surface area contributed by atoms with Gasteiger partial charge in [0.05, 0.1) is 25.1 Å². The highest BCUT2D eigenvalue weighted by Gasteiger charge is 2.05. The van der Waals surface area contributed by atoms with Gasteiger partial charge < -0.3 is 20.5 Å². The van der Waals surface area contributed by atoms with Gasteiger partial charge in [-0.2, -0.15) is 0 Å². The Hall–Kier alpha value is -1.66. The summed E-state index contributed by atoms with van der Waals surface area (Å²) in [6, 6.07) is 3.25. The normalized spacial score (nSPS) is 10.3. The number of pyridine rings is 1. The molecular weight excluding hydrogens is 234 g/mol. The van der Waals surface area contributed by atoms with Crippen molar-refractivity contribution in [1.82, 2.24) is 10.3 Å². The molecule has 1 rings (SSSR count). The van der Waals surface area contributed by atoms with Crippen LogP contribution in [0.25, 0.3) is 0 Å². The molecule has 0 aliphatic heterocycles. The number of nitrogens with two attached hydrogens (primary N) is 1. The quantitative estimate of drug-likeness (QED) is 0.657. The summed E-state index contributed by atoms with van der Waals surface area (Å²) in [6.45, 7) is 2.31. The molecule has 100 valence electrons. The van der Waals surface area contributed by atoms with Crippen molar-refractivity contribution < 1.29 is 14.3 Å². The SMILES string of the molecule is COCCOCCCNC(=O)c1ccc(N)cn1. The van der Waals surface area contributed by atoms with Crippen molar-refractivity contribution in [1.29, 1.82) is 0 Å². The molecule has 0 aromatic carbocycles. The van der Waals surface area contributed by atoms with E-state index >= 15 is 0 Å². The molecule has 0 atom stereocenters. The van der Waals surface area contributed by atoms with Crippen LogP contribution >= 0.6 is 0 Å². The van der Waals surface area contributed by atoms with Crippen LogP contribution in [-0.4, -0.2) is 44.4 Å². The molecule has 0 aliphatic carbocycles. The minimum absolute atomic E-state index is 0.202. The van der Waals surface area contributed by atoms with Crippen LogP contribution in [0.2, 0.25) is 0 Å². The molecule has 1 aromatic rings. The van der Waals surface area contributed by atoms with Crippen molar-refractivity contribution in [2.45, 2.75) is 6.42 Å². The van der Waals surface area contributed by atoms with Gasteiger partial charge in [0.25, 0.3) is 5.91 Å². The van der Waals surface area contributed by atoms with Gasteiger partial charge in [0.2, 0.25) is 0 Å². The van der Waals surface area contributed by atoms with Gasteiger partial charge in [0.1, 0.15) is 5.69 Å². The third-order valence-corrected chi connectivity index (χ3v) is 2.20. The molecule has 0 bridgehead atoms. The van der Waals surface area contributed by atoms with Gasteiger partial charge >= 0.3 is 0 Å². The fourth-order valence-corrected chi connectivity index (χ4v) is 1.25. The Balaban J connectivity index is 2.12. The topological polar surface area (TPSA) is 86.5 Å². The number of rotatable bonds is 8. The van der Waals surface area contributed by atoms with Gasteiger partial charge in [-0.1, -0.05) is 0 Å². The Kier molecular flexibility index (Phi) is 6.75. The fourth-order valence-electron chi connectivity index (χ4n) is 1.25. The highest BCUT2D eigenvalue weighted by atomic mass is 16.5. The van der Waals surface area contributed by atoms with E-state index in [9.17, 15) is 4.79 Å². The molecule has 0 spiro atoms. The maximum Gasteiger partial charge on any atom is 0.269 e. The van der Waals surface area contributed by atoms with E-state index in [0.29, 0.717) is 37.7 Å². The first kappa shape index (κ1) is 14.4. The number of anilines is 1. The number of hydrogen-bond acceptors (Lipinski definition) is 5. The molecule has 18 heavy (non-hydrogen) atoms. The van der Waals surface area contributed by atoms with E-state index in [0.717, 1.165) is 6.42 Å². The smallest absolute Gasteiger partial charge is 0.269 e. The number of methoxy groups -OCH3 is 1. The van der Waals surface area contributed by atoms with Gasteiger partial charge in [-0.15, -0.1) is 0 Å². The zero-order chi connectivity index (χ0) is 13.2. The van der Waals surface area contributed by atoms with Crippen LogP contribution in [0.1, 0.15) is 16.9 Å². The van der Waals surface area contributed by atoms with Crippen molar-refractivity contribution in [3.05, 3.63) is 24.0 Å². The van der Waals surface area contributed by atoms with E-state index in [2.05, 4.69) is 10.3 Å². The lowest BCUT2D eigenvalue weighted by molar-refractivity contribution is 0.0688. The van der Waals surface area contributed by atoms with Gasteiger partial charge in [-0.25, -0.2) is 4.98 Å². The molecule has 1 amide bonds. The molecule has 3 N–H and O–H groups in total. The minimum Gasteiger partial charge on any atom is -0.397 e. The lowest BCUT2D eigenvalue weighted by Gasteiger charge is -2.05. The van der Waals surface area contributed by atoms with E-state index in [4.69, 9.17) is 15.2 Å². The molecule has 0 radical (unpaired) electrons. The molecular formula is C12H19N3O3. The first-order valence-corrected chi connectivity index (χ1v) is 5.80. The predicted octanol–water partition coefficient (Wildman–Crippen LogP) is 0.447. The molecule has 0 unspecified atom stereocenters. The summed E-state index contributed by atoms with van der Waals surface area (Å²) < 4.78 is 10.1.